The Hall–Kier alpha value is -4.35. The Balaban J connectivity index is 1.68. The quantitative estimate of drug-likeness (QED) is 0.240. The number of nitrogens with zero attached hydrogens (tertiary/aromatic N) is 4. The lowest BCUT2D eigenvalue weighted by molar-refractivity contribution is 1.20. The molecule has 0 aliphatic carbocycles. The van der Waals surface area contributed by atoms with Crippen molar-refractivity contribution >= 4 is 75.3 Å². The fourth-order valence-corrected chi connectivity index (χ4v) is 6.43. The predicted molar refractivity (Wildman–Crippen MR) is 142 cm³/mol. The number of hydrogen-bond acceptors (Lipinski definition) is 4. The first kappa shape index (κ1) is 18.1. The lowest BCUT2D eigenvalue weighted by Gasteiger charge is -2.13. The Kier molecular flexibility index (Phi) is 3.51. The monoisotopic (exact) mass is 452 g/mol. The molecule has 0 saturated heterocycles. The minimum atomic E-state index is 0.914. The van der Waals surface area contributed by atoms with Crippen LogP contribution in [-0.2, 0) is 0 Å². The third-order valence-electron chi connectivity index (χ3n) is 6.70. The molecule has 0 N–H and O–H groups in total. The van der Waals surface area contributed by atoms with Gasteiger partial charge >= 0.3 is 0 Å². The van der Waals surface area contributed by atoms with Crippen molar-refractivity contribution in [3.05, 3.63) is 97.5 Å². The lowest BCUT2D eigenvalue weighted by atomic mass is 10.1. The molecule has 34 heavy (non-hydrogen) atoms. The molecule has 5 heterocycles. The van der Waals surface area contributed by atoms with Gasteiger partial charge < -0.3 is 4.57 Å². The zero-order valence-electron chi connectivity index (χ0n) is 17.9. The van der Waals surface area contributed by atoms with E-state index >= 15 is 0 Å². The second kappa shape index (κ2) is 6.59. The molecular formula is C29H16N4S. The summed E-state index contributed by atoms with van der Waals surface area (Å²) in [6.45, 7) is 0. The Bertz CT molecular complexity index is 2080. The molecule has 158 valence electrons. The summed E-state index contributed by atoms with van der Waals surface area (Å²) in [5, 5.41) is 5.87. The minimum absolute atomic E-state index is 0.914. The molecule has 0 amide bonds. The second-order valence-electron chi connectivity index (χ2n) is 8.51. The highest BCUT2D eigenvalue weighted by atomic mass is 32.1. The van der Waals surface area contributed by atoms with Crippen LogP contribution in [-0.4, -0.2) is 19.5 Å². The van der Waals surface area contributed by atoms with Gasteiger partial charge in [0.15, 0.2) is 0 Å². The van der Waals surface area contributed by atoms with Gasteiger partial charge in [0.25, 0.3) is 0 Å². The zero-order chi connectivity index (χ0) is 22.2. The number of hydrogen-bond donors (Lipinski definition) is 0. The van der Waals surface area contributed by atoms with Gasteiger partial charge in [0.1, 0.15) is 0 Å². The Labute approximate surface area is 197 Å². The number of fused-ring (bicyclic) bond motifs is 10. The summed E-state index contributed by atoms with van der Waals surface area (Å²) in [6.07, 6.45) is 5.56. The van der Waals surface area contributed by atoms with Crippen molar-refractivity contribution in [3.63, 3.8) is 0 Å². The molecule has 0 atom stereocenters. The molecule has 8 rings (SSSR count). The molecule has 0 fully saturated rings. The van der Waals surface area contributed by atoms with Gasteiger partial charge in [-0.15, -0.1) is 11.3 Å². The summed E-state index contributed by atoms with van der Waals surface area (Å²) < 4.78 is 4.96. The summed E-state index contributed by atoms with van der Waals surface area (Å²) in [6, 6.07) is 27.8. The van der Waals surface area contributed by atoms with Crippen LogP contribution in [0.1, 0.15) is 0 Å². The van der Waals surface area contributed by atoms with Crippen LogP contribution in [0.5, 0.6) is 0 Å². The predicted octanol–water partition coefficient (Wildman–Crippen LogP) is 7.64. The van der Waals surface area contributed by atoms with Gasteiger partial charge in [-0.2, -0.15) is 0 Å². The largest absolute Gasteiger partial charge is 0.306 e. The van der Waals surface area contributed by atoms with Gasteiger partial charge in [-0.25, -0.2) is 0 Å². The van der Waals surface area contributed by atoms with Crippen molar-refractivity contribution in [2.75, 3.05) is 0 Å². The van der Waals surface area contributed by atoms with Crippen molar-refractivity contribution < 1.29 is 0 Å². The van der Waals surface area contributed by atoms with E-state index in [-0.39, 0.29) is 0 Å². The summed E-state index contributed by atoms with van der Waals surface area (Å²) in [5.74, 6) is 0. The summed E-state index contributed by atoms with van der Waals surface area (Å²) in [5.41, 5.74) is 6.23. The standard InChI is InChI=1S/C29H16N4S/c1-2-10-23-19(7-1)25-24(34-23)12-11-20-27-21(9-5-15-31-27)33(29(20)25)22-16-17-6-3-13-30-26(17)28-18(22)8-4-14-32-28/h1-16H. The number of pyridine rings is 3. The topological polar surface area (TPSA) is 43.6 Å². The average Bonchev–Trinajstić information content (AvgIpc) is 3.44. The van der Waals surface area contributed by atoms with E-state index in [2.05, 4.69) is 70.2 Å². The highest BCUT2D eigenvalue weighted by Gasteiger charge is 2.20. The van der Waals surface area contributed by atoms with Crippen LogP contribution in [0.4, 0.5) is 0 Å². The van der Waals surface area contributed by atoms with E-state index in [1.54, 1.807) is 0 Å². The Morgan fingerprint density at radius 2 is 1.35 bits per heavy atom. The van der Waals surface area contributed by atoms with Gasteiger partial charge in [0.05, 0.1) is 33.3 Å². The molecule has 0 unspecified atom stereocenters. The van der Waals surface area contributed by atoms with Gasteiger partial charge in [-0.05, 0) is 54.6 Å². The minimum Gasteiger partial charge on any atom is -0.306 e. The van der Waals surface area contributed by atoms with Crippen molar-refractivity contribution in [1.82, 2.24) is 19.5 Å². The number of aromatic nitrogens is 4. The zero-order valence-corrected chi connectivity index (χ0v) is 18.8. The van der Waals surface area contributed by atoms with Gasteiger partial charge in [-0.3, -0.25) is 15.0 Å². The third-order valence-corrected chi connectivity index (χ3v) is 7.84. The first-order valence-corrected chi connectivity index (χ1v) is 12.0. The van der Waals surface area contributed by atoms with Gasteiger partial charge in [0.2, 0.25) is 0 Å². The van der Waals surface area contributed by atoms with Crippen LogP contribution in [0.15, 0.2) is 97.5 Å². The fourth-order valence-electron chi connectivity index (χ4n) is 5.32. The molecule has 0 saturated carbocycles. The Morgan fingerprint density at radius 3 is 2.29 bits per heavy atom. The molecule has 5 aromatic heterocycles. The number of thiophene rings is 1. The molecular weight excluding hydrogens is 436 g/mol. The maximum absolute atomic E-state index is 4.82. The molecule has 0 aliphatic heterocycles. The highest BCUT2D eigenvalue weighted by molar-refractivity contribution is 7.26. The van der Waals surface area contributed by atoms with E-state index in [0.29, 0.717) is 0 Å². The average molecular weight is 453 g/mol. The van der Waals surface area contributed by atoms with E-state index in [4.69, 9.17) is 9.97 Å². The molecule has 0 aliphatic rings. The molecule has 8 aromatic rings. The highest BCUT2D eigenvalue weighted by Crippen LogP contribution is 2.43. The first-order valence-electron chi connectivity index (χ1n) is 11.2. The molecule has 0 radical (unpaired) electrons. The van der Waals surface area contributed by atoms with E-state index in [0.717, 1.165) is 43.9 Å². The maximum atomic E-state index is 4.82. The SMILES string of the molecule is c1cnc2c(c1)cc(-n1c3cccnc3c3ccc4sc5ccccc5c4c31)c1cccnc12. The van der Waals surface area contributed by atoms with Gasteiger partial charge in [-0.1, -0.05) is 24.3 Å². The third kappa shape index (κ3) is 2.29. The van der Waals surface area contributed by atoms with E-state index in [9.17, 15) is 0 Å². The molecule has 0 bridgehead atoms. The fraction of sp³-hybridized carbons (Fsp3) is 0. The second-order valence-corrected chi connectivity index (χ2v) is 9.59. The first-order chi connectivity index (χ1) is 16.9. The summed E-state index contributed by atoms with van der Waals surface area (Å²) in [4.78, 5) is 14.2. The van der Waals surface area contributed by atoms with Gasteiger partial charge in [0, 0.05) is 54.9 Å². The number of benzene rings is 3. The maximum Gasteiger partial charge on any atom is 0.0985 e. The molecule has 5 heteroatoms. The van der Waals surface area contributed by atoms with Crippen LogP contribution in [0.25, 0.3) is 69.6 Å². The molecule has 3 aromatic carbocycles. The smallest absolute Gasteiger partial charge is 0.0985 e. The molecule has 0 spiro atoms. The summed E-state index contributed by atoms with van der Waals surface area (Å²) >= 11 is 1.84. The van der Waals surface area contributed by atoms with Crippen LogP contribution >= 0.6 is 11.3 Å². The van der Waals surface area contributed by atoms with Crippen LogP contribution < -0.4 is 0 Å². The van der Waals surface area contributed by atoms with E-state index in [1.165, 1.54) is 25.7 Å². The van der Waals surface area contributed by atoms with Crippen LogP contribution in [0.3, 0.4) is 0 Å². The van der Waals surface area contributed by atoms with Crippen LogP contribution in [0, 0.1) is 0 Å². The lowest BCUT2D eigenvalue weighted by Crippen LogP contribution is -1.98. The van der Waals surface area contributed by atoms with E-state index < -0.39 is 0 Å². The van der Waals surface area contributed by atoms with E-state index in [1.807, 2.05) is 48.1 Å². The van der Waals surface area contributed by atoms with Crippen molar-refractivity contribution in [1.29, 1.82) is 0 Å². The molecule has 4 nitrogen and oxygen atoms in total. The van der Waals surface area contributed by atoms with Crippen LogP contribution in [0.2, 0.25) is 0 Å². The van der Waals surface area contributed by atoms with Crippen molar-refractivity contribution in [3.8, 4) is 5.69 Å². The Morgan fingerprint density at radius 1 is 0.588 bits per heavy atom. The van der Waals surface area contributed by atoms with Crippen molar-refractivity contribution in [2.45, 2.75) is 0 Å². The number of rotatable bonds is 1. The summed E-state index contributed by atoms with van der Waals surface area (Å²) in [7, 11) is 0. The van der Waals surface area contributed by atoms with Crippen molar-refractivity contribution in [2.24, 2.45) is 0 Å². The normalized spacial score (nSPS) is 12.1.